The van der Waals surface area contributed by atoms with Crippen LogP contribution in [0.5, 0.6) is 0 Å². The zero-order chi connectivity index (χ0) is 35.3. The third-order valence-corrected chi connectivity index (χ3v) is 8.75. The van der Waals surface area contributed by atoms with Crippen LogP contribution in [0, 0.1) is 18.6 Å². The largest absolute Gasteiger partial charge is 0.480 e. The average Bonchev–Trinajstić information content (AvgIpc) is 3.49. The third-order valence-electron chi connectivity index (χ3n) is 8.75. The summed E-state index contributed by atoms with van der Waals surface area (Å²) in [4.78, 5) is 39.0. The highest BCUT2D eigenvalue weighted by Gasteiger charge is 2.46. The van der Waals surface area contributed by atoms with Crippen LogP contribution in [0.1, 0.15) is 44.7 Å². The summed E-state index contributed by atoms with van der Waals surface area (Å²) < 4.78 is 119. The molecule has 1 aliphatic carbocycles. The van der Waals surface area contributed by atoms with Gasteiger partial charge in [0, 0.05) is 31.4 Å². The number of hydrogen-bond acceptors (Lipinski definition) is 5. The number of fused-ring (bicyclic) bond motifs is 1. The van der Waals surface area contributed by atoms with Crippen LogP contribution < -0.4 is 15.8 Å². The predicted octanol–water partition coefficient (Wildman–Crippen LogP) is 5.34. The van der Waals surface area contributed by atoms with Gasteiger partial charge in [-0.25, -0.2) is 13.6 Å². The van der Waals surface area contributed by atoms with Gasteiger partial charge in [-0.3, -0.25) is 9.59 Å². The number of carboxylic acids is 1. The van der Waals surface area contributed by atoms with Gasteiger partial charge in [0.25, 0.3) is 11.5 Å². The number of anilines is 1. The van der Waals surface area contributed by atoms with Crippen molar-refractivity contribution in [2.75, 3.05) is 24.7 Å². The van der Waals surface area contributed by atoms with E-state index < -0.39 is 88.9 Å². The Bertz CT molecular complexity index is 1810. The summed E-state index contributed by atoms with van der Waals surface area (Å²) in [5, 5.41) is 11.9. The van der Waals surface area contributed by atoms with Crippen LogP contribution in [-0.2, 0) is 42.0 Å². The molecule has 0 unspecified atom stereocenters. The second-order valence-corrected chi connectivity index (χ2v) is 11.7. The molecular weight excluding hydrogens is 658 g/mol. The van der Waals surface area contributed by atoms with E-state index in [4.69, 9.17) is 4.74 Å². The van der Waals surface area contributed by atoms with Crippen LogP contribution >= 0.6 is 0 Å². The van der Waals surface area contributed by atoms with Crippen molar-refractivity contribution >= 4 is 17.6 Å². The van der Waals surface area contributed by atoms with Crippen LogP contribution in [0.2, 0.25) is 0 Å². The molecule has 258 valence electrons. The Morgan fingerprint density at radius 2 is 1.69 bits per heavy atom. The van der Waals surface area contributed by atoms with Gasteiger partial charge in [-0.2, -0.15) is 26.3 Å². The number of aromatic nitrogens is 1. The lowest BCUT2D eigenvalue weighted by Gasteiger charge is -2.38. The van der Waals surface area contributed by atoms with Gasteiger partial charge in [0.2, 0.25) is 0 Å². The maximum absolute atomic E-state index is 15.1. The lowest BCUT2D eigenvalue weighted by atomic mass is 9.89. The van der Waals surface area contributed by atoms with Crippen LogP contribution in [-0.4, -0.2) is 59.6 Å². The van der Waals surface area contributed by atoms with Gasteiger partial charge in [-0.1, -0.05) is 12.1 Å². The SMILES string of the molecule is Cc1cc(C(F)(F)F)c(-c2ccc(C[C@H](NC(=O)c3c(F)cc(N4CCOC[C@@H]4C(F)(F)F)cc3F)C(=O)O)c3c2CCC3)c(=O)n1C. The number of pyridine rings is 1. The molecule has 0 saturated carbocycles. The number of benzene rings is 2. The minimum absolute atomic E-state index is 0.0485. The van der Waals surface area contributed by atoms with Crippen LogP contribution in [0.15, 0.2) is 35.1 Å². The van der Waals surface area contributed by atoms with Crippen molar-refractivity contribution in [3.05, 3.63) is 85.8 Å². The number of carbonyl (C=O) groups excluding carboxylic acids is 1. The van der Waals surface area contributed by atoms with Gasteiger partial charge in [0.05, 0.1) is 24.3 Å². The molecule has 2 aliphatic rings. The molecular formula is C32H29F8N3O5. The Kier molecular flexibility index (Phi) is 9.34. The van der Waals surface area contributed by atoms with E-state index >= 15 is 8.78 Å². The predicted molar refractivity (Wildman–Crippen MR) is 156 cm³/mol. The van der Waals surface area contributed by atoms with Gasteiger partial charge in [-0.05, 0) is 66.6 Å². The van der Waals surface area contributed by atoms with E-state index in [9.17, 15) is 45.8 Å². The zero-order valence-electron chi connectivity index (χ0n) is 25.5. The molecule has 1 aromatic heterocycles. The molecule has 5 rings (SSSR count). The normalized spacial score (nSPS) is 17.3. The fourth-order valence-corrected chi connectivity index (χ4v) is 6.29. The number of alkyl halides is 6. The third kappa shape index (κ3) is 6.62. The maximum atomic E-state index is 15.1. The Hall–Kier alpha value is -4.47. The van der Waals surface area contributed by atoms with Crippen molar-refractivity contribution in [3.8, 4) is 11.1 Å². The first-order chi connectivity index (χ1) is 22.4. The number of amides is 1. The first kappa shape index (κ1) is 34.9. The number of hydrogen-bond donors (Lipinski definition) is 2. The van der Waals surface area contributed by atoms with Crippen molar-refractivity contribution in [2.45, 2.75) is 57.0 Å². The molecule has 1 saturated heterocycles. The van der Waals surface area contributed by atoms with E-state index in [1.807, 2.05) is 0 Å². The summed E-state index contributed by atoms with van der Waals surface area (Å²) in [5.74, 6) is -6.12. The van der Waals surface area contributed by atoms with Crippen LogP contribution in [0.4, 0.5) is 40.8 Å². The number of nitrogens with one attached hydrogen (secondary N) is 1. The summed E-state index contributed by atoms with van der Waals surface area (Å²) in [5.41, 5.74) is -2.83. The summed E-state index contributed by atoms with van der Waals surface area (Å²) >= 11 is 0. The first-order valence-corrected chi connectivity index (χ1v) is 14.8. The minimum atomic E-state index is -4.85. The number of aliphatic carboxylic acids is 1. The number of carboxylic acid groups (broad SMARTS) is 1. The van der Waals surface area contributed by atoms with Crippen molar-refractivity contribution < 1.29 is 54.6 Å². The number of nitrogens with zero attached hydrogens (tertiary/aromatic N) is 2. The number of carbonyl (C=O) groups is 2. The maximum Gasteiger partial charge on any atom is 0.417 e. The number of halogens is 8. The van der Waals surface area contributed by atoms with Crippen LogP contribution in [0.3, 0.4) is 0 Å². The minimum Gasteiger partial charge on any atom is -0.480 e. The van der Waals surface area contributed by atoms with Gasteiger partial charge >= 0.3 is 18.3 Å². The average molecular weight is 688 g/mol. The second kappa shape index (κ2) is 12.9. The molecule has 0 radical (unpaired) electrons. The smallest absolute Gasteiger partial charge is 0.417 e. The summed E-state index contributed by atoms with van der Waals surface area (Å²) in [7, 11) is 1.34. The first-order valence-electron chi connectivity index (χ1n) is 14.8. The molecule has 2 atom stereocenters. The molecule has 48 heavy (non-hydrogen) atoms. The fourth-order valence-electron chi connectivity index (χ4n) is 6.29. The fraction of sp³-hybridized carbons (Fsp3) is 0.406. The summed E-state index contributed by atoms with van der Waals surface area (Å²) in [6.07, 6.45) is -8.95. The molecule has 0 spiro atoms. The van der Waals surface area contributed by atoms with Crippen molar-refractivity contribution in [2.24, 2.45) is 7.05 Å². The number of morpholine rings is 1. The van der Waals surface area contributed by atoms with Crippen LogP contribution in [0.25, 0.3) is 11.1 Å². The van der Waals surface area contributed by atoms with E-state index in [0.29, 0.717) is 46.6 Å². The van der Waals surface area contributed by atoms with Gasteiger partial charge in [0.15, 0.2) is 0 Å². The van der Waals surface area contributed by atoms with Gasteiger partial charge < -0.3 is 24.6 Å². The number of rotatable bonds is 7. The quantitative estimate of drug-likeness (QED) is 0.326. The van der Waals surface area contributed by atoms with Gasteiger partial charge in [0.1, 0.15) is 29.3 Å². The number of ether oxygens (including phenoxy) is 1. The van der Waals surface area contributed by atoms with Crippen molar-refractivity contribution in [1.82, 2.24) is 9.88 Å². The Labute approximate surface area is 267 Å². The standard InChI is InChI=1S/C32H29F8N3O5/c1-15-10-21(31(35,36)37)26(29(45)42(15)2)20-7-6-16(18-4-3-5-19(18)20)11-24(30(46)47)41-28(44)27-22(33)12-17(13-23(27)34)43-8-9-48-14-25(43)32(38,39)40/h6-7,10,12-13,24-25H,3-5,8-9,11,14H2,1-2H3,(H,41,44)(H,46,47)/t24-,25+/m0/s1. The lowest BCUT2D eigenvalue weighted by molar-refractivity contribution is -0.167. The van der Waals surface area contributed by atoms with E-state index in [2.05, 4.69) is 5.32 Å². The molecule has 1 amide bonds. The van der Waals surface area contributed by atoms with E-state index in [-0.39, 0.29) is 30.8 Å². The Balaban J connectivity index is 1.45. The molecule has 16 heteroatoms. The van der Waals surface area contributed by atoms with Crippen molar-refractivity contribution in [3.63, 3.8) is 0 Å². The zero-order valence-corrected chi connectivity index (χ0v) is 25.5. The highest BCUT2D eigenvalue weighted by Crippen LogP contribution is 2.40. The molecule has 2 heterocycles. The lowest BCUT2D eigenvalue weighted by Crippen LogP contribution is -2.53. The van der Waals surface area contributed by atoms with Crippen molar-refractivity contribution in [1.29, 1.82) is 0 Å². The highest BCUT2D eigenvalue weighted by molar-refractivity contribution is 5.97. The molecule has 0 bridgehead atoms. The molecule has 2 N–H and O–H groups in total. The van der Waals surface area contributed by atoms with E-state index in [1.54, 1.807) is 0 Å². The van der Waals surface area contributed by atoms with E-state index in [1.165, 1.54) is 26.1 Å². The summed E-state index contributed by atoms with van der Waals surface area (Å²) in [6.45, 7) is 0.113. The summed E-state index contributed by atoms with van der Waals surface area (Å²) in [6, 6.07) is 0.668. The van der Waals surface area contributed by atoms with E-state index in [0.717, 1.165) is 10.6 Å². The monoisotopic (exact) mass is 687 g/mol. The Morgan fingerprint density at radius 1 is 1.04 bits per heavy atom. The molecule has 2 aromatic carbocycles. The molecule has 3 aromatic rings. The molecule has 1 fully saturated rings. The highest BCUT2D eigenvalue weighted by atomic mass is 19.4. The second-order valence-electron chi connectivity index (χ2n) is 11.7. The molecule has 8 nitrogen and oxygen atoms in total. The Morgan fingerprint density at radius 3 is 2.29 bits per heavy atom. The van der Waals surface area contributed by atoms with Gasteiger partial charge in [-0.15, -0.1) is 0 Å². The topological polar surface area (TPSA) is 101 Å². The number of aryl methyl sites for hydroxylation is 1. The molecule has 1 aliphatic heterocycles.